The van der Waals surface area contributed by atoms with Crippen LogP contribution in [-0.2, 0) is 11.4 Å². The van der Waals surface area contributed by atoms with Crippen LogP contribution in [0, 0.1) is 0 Å². The molecule has 5 heteroatoms. The third-order valence-corrected chi connectivity index (χ3v) is 4.47. The number of hydrogen-bond donors (Lipinski definition) is 2. The van der Waals surface area contributed by atoms with Gasteiger partial charge < -0.3 is 9.66 Å². The topological polar surface area (TPSA) is 55.3 Å². The number of rotatable bonds is 3. The van der Waals surface area contributed by atoms with Crippen LogP contribution in [0.5, 0.6) is 5.75 Å². The Morgan fingerprint density at radius 1 is 1.41 bits per heavy atom. The molecular formula is C12H18BrNO2S. The van der Waals surface area contributed by atoms with E-state index in [2.05, 4.69) is 20.7 Å². The first kappa shape index (κ1) is 14.8. The third-order valence-electron chi connectivity index (χ3n) is 2.30. The van der Waals surface area contributed by atoms with Crippen molar-refractivity contribution >= 4 is 27.3 Å². The van der Waals surface area contributed by atoms with Gasteiger partial charge in [-0.1, -0.05) is 22.0 Å². The lowest BCUT2D eigenvalue weighted by molar-refractivity contribution is 0.458. The summed E-state index contributed by atoms with van der Waals surface area (Å²) < 4.78 is 15.4. The van der Waals surface area contributed by atoms with Crippen LogP contribution < -0.4 is 4.72 Å². The normalized spacial score (nSPS) is 15.6. The summed E-state index contributed by atoms with van der Waals surface area (Å²) in [6.45, 7) is 7.60. The third kappa shape index (κ3) is 4.17. The lowest BCUT2D eigenvalue weighted by Gasteiger charge is -2.26. The number of benzene rings is 1. The monoisotopic (exact) mass is 319 g/mol. The number of halogens is 1. The Balaban J connectivity index is 2.80. The molecule has 0 radical (unpaired) electrons. The molecule has 2 atom stereocenters. The van der Waals surface area contributed by atoms with Crippen LogP contribution in [0.1, 0.15) is 39.3 Å². The second-order valence-corrected chi connectivity index (χ2v) is 7.84. The highest BCUT2D eigenvalue weighted by atomic mass is 79.9. The van der Waals surface area contributed by atoms with Crippen molar-refractivity contribution in [3.8, 4) is 5.75 Å². The van der Waals surface area contributed by atoms with E-state index >= 15 is 0 Å². The molecule has 0 saturated heterocycles. The number of hydrogen-bond acceptors (Lipinski definition) is 3. The maximum atomic E-state index is 11.9. The predicted molar refractivity (Wildman–Crippen MR) is 75.3 cm³/mol. The Morgan fingerprint density at radius 3 is 2.47 bits per heavy atom. The van der Waals surface area contributed by atoms with Crippen LogP contribution in [0.25, 0.3) is 0 Å². The van der Waals surface area contributed by atoms with Crippen molar-refractivity contribution in [3.63, 3.8) is 0 Å². The minimum atomic E-state index is -1.15. The standard InChI is InChI=1S/C12H18BrNO2S/c1-8(14-17(16)12(2,3)4)10-6-5-9(13)7-11(10)15/h5-8,14-15H,1-4H3/t8-,17?/m0/s1. The zero-order valence-electron chi connectivity index (χ0n) is 10.5. The first-order chi connectivity index (χ1) is 7.71. The smallest absolute Gasteiger partial charge is 0.136 e. The van der Waals surface area contributed by atoms with E-state index in [-0.39, 0.29) is 16.5 Å². The van der Waals surface area contributed by atoms with E-state index in [1.165, 1.54) is 0 Å². The molecule has 0 aliphatic carbocycles. The molecule has 1 aromatic carbocycles. The molecule has 96 valence electrons. The lowest BCUT2D eigenvalue weighted by atomic mass is 10.1. The maximum Gasteiger partial charge on any atom is 0.136 e. The van der Waals surface area contributed by atoms with Gasteiger partial charge in [-0.25, -0.2) is 0 Å². The van der Waals surface area contributed by atoms with Crippen LogP contribution in [0.3, 0.4) is 0 Å². The van der Waals surface area contributed by atoms with Gasteiger partial charge in [0.05, 0.1) is 6.04 Å². The summed E-state index contributed by atoms with van der Waals surface area (Å²) in [4.78, 5) is 0. The van der Waals surface area contributed by atoms with Gasteiger partial charge in [0, 0.05) is 21.4 Å². The second kappa shape index (κ2) is 5.61. The Morgan fingerprint density at radius 2 is 2.00 bits per heavy atom. The molecule has 0 bridgehead atoms. The Hall–Kier alpha value is -0.230. The van der Waals surface area contributed by atoms with Gasteiger partial charge in [-0.05, 0) is 39.8 Å². The summed E-state index contributed by atoms with van der Waals surface area (Å²) in [6, 6.07) is 5.14. The fourth-order valence-corrected chi connectivity index (χ4v) is 2.43. The highest BCUT2D eigenvalue weighted by molar-refractivity contribution is 9.10. The molecule has 1 unspecified atom stereocenters. The van der Waals surface area contributed by atoms with Crippen LogP contribution >= 0.6 is 15.9 Å². The fourth-order valence-electron chi connectivity index (χ4n) is 1.28. The molecule has 17 heavy (non-hydrogen) atoms. The average molecular weight is 320 g/mol. The van der Waals surface area contributed by atoms with E-state index in [0.717, 1.165) is 10.0 Å². The molecule has 0 saturated carbocycles. The van der Waals surface area contributed by atoms with Gasteiger partial charge >= 0.3 is 0 Å². The molecule has 0 aromatic heterocycles. The maximum absolute atomic E-state index is 11.9. The summed E-state index contributed by atoms with van der Waals surface area (Å²) >= 11 is 2.13. The van der Waals surface area contributed by atoms with Crippen molar-refractivity contribution in [2.75, 3.05) is 0 Å². The molecule has 0 amide bonds. The number of phenols is 1. The predicted octanol–water partition coefficient (Wildman–Crippen LogP) is 3.27. The highest BCUT2D eigenvalue weighted by Crippen LogP contribution is 2.28. The Labute approximate surface area is 114 Å². The van der Waals surface area contributed by atoms with Crippen LogP contribution in [0.2, 0.25) is 0 Å². The molecule has 0 aliphatic heterocycles. The quantitative estimate of drug-likeness (QED) is 0.841. The zero-order chi connectivity index (χ0) is 13.2. The molecular weight excluding hydrogens is 302 g/mol. The van der Waals surface area contributed by atoms with Gasteiger partial charge in [0.25, 0.3) is 0 Å². The second-order valence-electron chi connectivity index (χ2n) is 4.92. The van der Waals surface area contributed by atoms with E-state index in [1.54, 1.807) is 6.07 Å². The van der Waals surface area contributed by atoms with Gasteiger partial charge in [-0.15, -0.1) is 4.72 Å². The van der Waals surface area contributed by atoms with Gasteiger partial charge in [0.15, 0.2) is 0 Å². The van der Waals surface area contributed by atoms with E-state index < -0.39 is 11.4 Å². The summed E-state index contributed by atoms with van der Waals surface area (Å²) in [5, 5.41) is 9.81. The van der Waals surface area contributed by atoms with Crippen LogP contribution in [0.4, 0.5) is 0 Å². The van der Waals surface area contributed by atoms with E-state index in [9.17, 15) is 9.66 Å². The van der Waals surface area contributed by atoms with Crippen molar-refractivity contribution in [1.29, 1.82) is 0 Å². The molecule has 3 nitrogen and oxygen atoms in total. The summed E-state index contributed by atoms with van der Waals surface area (Å²) in [6.07, 6.45) is 0. The molecule has 0 spiro atoms. The van der Waals surface area contributed by atoms with Crippen LogP contribution in [0.15, 0.2) is 22.7 Å². The summed E-state index contributed by atoms with van der Waals surface area (Å²) in [5.41, 5.74) is 0.741. The van der Waals surface area contributed by atoms with Crippen LogP contribution in [-0.4, -0.2) is 14.4 Å². The highest BCUT2D eigenvalue weighted by Gasteiger charge is 2.28. The minimum Gasteiger partial charge on any atom is -0.598 e. The average Bonchev–Trinajstić information content (AvgIpc) is 2.15. The Bertz CT molecular complexity index is 393. The number of nitrogens with one attached hydrogen (secondary N) is 1. The van der Waals surface area contributed by atoms with Crippen molar-refractivity contribution in [3.05, 3.63) is 28.2 Å². The fraction of sp³-hybridized carbons (Fsp3) is 0.500. The first-order valence-electron chi connectivity index (χ1n) is 5.38. The van der Waals surface area contributed by atoms with Gasteiger partial charge in [-0.3, -0.25) is 0 Å². The SMILES string of the molecule is C[C@H](N[S+]([O-])C(C)(C)C)c1ccc(Br)cc1O. The molecule has 2 N–H and O–H groups in total. The zero-order valence-corrected chi connectivity index (χ0v) is 12.9. The largest absolute Gasteiger partial charge is 0.598 e. The molecule has 1 aromatic rings. The number of aromatic hydroxyl groups is 1. The van der Waals surface area contributed by atoms with Gasteiger partial charge in [-0.2, -0.15) is 0 Å². The van der Waals surface area contributed by atoms with Crippen molar-refractivity contribution < 1.29 is 9.66 Å². The molecule has 0 fully saturated rings. The lowest BCUT2D eigenvalue weighted by Crippen LogP contribution is -2.40. The Kier molecular flexibility index (Phi) is 4.89. The van der Waals surface area contributed by atoms with Crippen molar-refractivity contribution in [1.82, 2.24) is 4.72 Å². The first-order valence-corrected chi connectivity index (χ1v) is 7.32. The molecule has 1 rings (SSSR count). The van der Waals surface area contributed by atoms with Crippen molar-refractivity contribution in [2.24, 2.45) is 0 Å². The van der Waals surface area contributed by atoms with E-state index in [4.69, 9.17) is 0 Å². The molecule has 0 aliphatic rings. The van der Waals surface area contributed by atoms with E-state index in [1.807, 2.05) is 39.8 Å². The summed E-state index contributed by atoms with van der Waals surface area (Å²) in [5.74, 6) is 0.199. The summed E-state index contributed by atoms with van der Waals surface area (Å²) in [7, 11) is 0. The van der Waals surface area contributed by atoms with E-state index in [0.29, 0.717) is 0 Å². The van der Waals surface area contributed by atoms with Gasteiger partial charge in [0.2, 0.25) is 0 Å². The van der Waals surface area contributed by atoms with Gasteiger partial charge in [0.1, 0.15) is 10.5 Å². The van der Waals surface area contributed by atoms with Crippen molar-refractivity contribution in [2.45, 2.75) is 38.5 Å². The number of phenolic OH excluding ortho intramolecular Hbond substituents is 1. The molecule has 0 heterocycles. The minimum absolute atomic E-state index is 0.164.